The van der Waals surface area contributed by atoms with Crippen LogP contribution in [0.4, 0.5) is 0 Å². The van der Waals surface area contributed by atoms with E-state index in [1.807, 2.05) is 0 Å². The maximum Gasteiger partial charge on any atom is 0.311 e. The topological polar surface area (TPSA) is 78.9 Å². The molecule has 0 rings (SSSR count). The van der Waals surface area contributed by atoms with E-state index in [-0.39, 0.29) is 6.42 Å². The molecule has 0 aliphatic rings. The molecule has 6 heteroatoms. The van der Waals surface area contributed by atoms with Gasteiger partial charge in [0.1, 0.15) is 0 Å². The Kier molecular flexibility index (Phi) is 6.81. The third-order valence-electron chi connectivity index (χ3n) is 4.62. The summed E-state index contributed by atoms with van der Waals surface area (Å²) in [6.45, 7) is 10.3. The summed E-state index contributed by atoms with van der Waals surface area (Å²) < 4.78 is 14.6. The van der Waals surface area contributed by atoms with E-state index in [0.717, 1.165) is 0 Å². The van der Waals surface area contributed by atoms with Gasteiger partial charge in [0.05, 0.1) is 37.6 Å². The lowest BCUT2D eigenvalue weighted by atomic mass is 9.59. The van der Waals surface area contributed by atoms with Gasteiger partial charge in [0.25, 0.3) is 0 Å². The van der Waals surface area contributed by atoms with E-state index < -0.39 is 40.1 Å². The van der Waals surface area contributed by atoms with Crippen LogP contribution in [0.1, 0.15) is 48.0 Å². The van der Waals surface area contributed by atoms with Crippen LogP contribution in [0.25, 0.3) is 0 Å². The monoisotopic (exact) mass is 330 g/mol. The van der Waals surface area contributed by atoms with E-state index >= 15 is 0 Å². The number of rotatable bonds is 7. The number of hydrogen-bond acceptors (Lipinski definition) is 6. The Morgan fingerprint density at radius 1 is 0.696 bits per heavy atom. The Bertz CT molecular complexity index is 434. The van der Waals surface area contributed by atoms with Crippen molar-refractivity contribution >= 4 is 17.9 Å². The fourth-order valence-electron chi connectivity index (χ4n) is 3.09. The third kappa shape index (κ3) is 4.45. The van der Waals surface area contributed by atoms with E-state index in [4.69, 9.17) is 14.2 Å². The van der Waals surface area contributed by atoms with Gasteiger partial charge in [-0.25, -0.2) is 0 Å². The second-order valence-corrected chi connectivity index (χ2v) is 7.56. The van der Waals surface area contributed by atoms with Crippen LogP contribution in [0.5, 0.6) is 0 Å². The number of carbonyl (C=O) groups is 3. The van der Waals surface area contributed by atoms with Crippen LogP contribution in [-0.4, -0.2) is 39.2 Å². The molecule has 134 valence electrons. The van der Waals surface area contributed by atoms with Crippen LogP contribution in [0.3, 0.4) is 0 Å². The molecule has 0 aromatic heterocycles. The molecule has 0 aromatic carbocycles. The maximum absolute atomic E-state index is 12.3. The van der Waals surface area contributed by atoms with Crippen LogP contribution in [0, 0.1) is 22.2 Å². The molecule has 0 saturated carbocycles. The van der Waals surface area contributed by atoms with Gasteiger partial charge in [0, 0.05) is 0 Å². The lowest BCUT2D eigenvalue weighted by Gasteiger charge is -2.43. The van der Waals surface area contributed by atoms with Crippen molar-refractivity contribution in [2.24, 2.45) is 22.2 Å². The Balaban J connectivity index is 5.98. The van der Waals surface area contributed by atoms with Crippen LogP contribution in [-0.2, 0) is 28.6 Å². The van der Waals surface area contributed by atoms with Crippen molar-refractivity contribution in [3.8, 4) is 0 Å². The minimum Gasteiger partial charge on any atom is -0.469 e. The van der Waals surface area contributed by atoms with Gasteiger partial charge in [0.15, 0.2) is 0 Å². The van der Waals surface area contributed by atoms with Gasteiger partial charge in [-0.1, -0.05) is 0 Å². The molecule has 0 radical (unpaired) electrons. The minimum absolute atomic E-state index is 0.268. The van der Waals surface area contributed by atoms with Crippen molar-refractivity contribution in [3.63, 3.8) is 0 Å². The average Bonchev–Trinajstić information content (AvgIpc) is 2.49. The highest BCUT2D eigenvalue weighted by molar-refractivity contribution is 5.81. The molecular formula is C17H30O6. The number of carbonyl (C=O) groups excluding carboxylic acids is 3. The van der Waals surface area contributed by atoms with Crippen LogP contribution in [0.15, 0.2) is 0 Å². The zero-order chi connectivity index (χ0) is 18.6. The standard InChI is InChI=1S/C17H30O6/c1-15(2,12(18)21-7)10-11(16(3,4)13(19)22-8)17(5,6)14(20)23-9/h11H,10H2,1-9H3. The lowest BCUT2D eigenvalue weighted by Crippen LogP contribution is -2.49. The predicted octanol–water partition coefficient (Wildman–Crippen LogP) is 2.59. The predicted molar refractivity (Wildman–Crippen MR) is 85.5 cm³/mol. The zero-order valence-corrected chi connectivity index (χ0v) is 15.7. The number of ether oxygens (including phenoxy) is 3. The van der Waals surface area contributed by atoms with Crippen molar-refractivity contribution in [2.45, 2.75) is 48.0 Å². The SMILES string of the molecule is COC(=O)C(C)(C)CC(C(C)(C)C(=O)OC)C(C)(C)C(=O)OC. The van der Waals surface area contributed by atoms with E-state index in [9.17, 15) is 14.4 Å². The largest absolute Gasteiger partial charge is 0.469 e. The molecule has 0 aliphatic heterocycles. The first-order valence-electron chi connectivity index (χ1n) is 7.54. The maximum atomic E-state index is 12.3. The van der Waals surface area contributed by atoms with Gasteiger partial charge >= 0.3 is 17.9 Å². The molecule has 0 aliphatic carbocycles. The molecular weight excluding hydrogens is 300 g/mol. The highest BCUT2D eigenvalue weighted by Gasteiger charge is 2.52. The fourth-order valence-corrected chi connectivity index (χ4v) is 3.09. The summed E-state index contributed by atoms with van der Waals surface area (Å²) in [4.78, 5) is 36.6. The summed E-state index contributed by atoms with van der Waals surface area (Å²) in [6, 6.07) is 0. The molecule has 0 heterocycles. The summed E-state index contributed by atoms with van der Waals surface area (Å²) >= 11 is 0. The highest BCUT2D eigenvalue weighted by Crippen LogP contribution is 2.48. The molecule has 0 N–H and O–H groups in total. The average molecular weight is 330 g/mol. The van der Waals surface area contributed by atoms with Crippen molar-refractivity contribution in [3.05, 3.63) is 0 Å². The summed E-state index contributed by atoms with van der Waals surface area (Å²) in [7, 11) is 3.92. The molecule has 6 nitrogen and oxygen atoms in total. The molecule has 23 heavy (non-hydrogen) atoms. The third-order valence-corrected chi connectivity index (χ3v) is 4.62. The summed E-state index contributed by atoms with van der Waals surface area (Å²) in [5.74, 6) is -1.78. The second kappa shape index (κ2) is 7.32. The van der Waals surface area contributed by atoms with Crippen LogP contribution < -0.4 is 0 Å². The van der Waals surface area contributed by atoms with Crippen LogP contribution in [0.2, 0.25) is 0 Å². The first-order valence-corrected chi connectivity index (χ1v) is 7.54. The Hall–Kier alpha value is -1.59. The van der Waals surface area contributed by atoms with Crippen molar-refractivity contribution in [1.29, 1.82) is 0 Å². The van der Waals surface area contributed by atoms with E-state index in [0.29, 0.717) is 0 Å². The lowest BCUT2D eigenvalue weighted by molar-refractivity contribution is -0.171. The van der Waals surface area contributed by atoms with Gasteiger partial charge in [-0.2, -0.15) is 0 Å². The number of hydrogen-bond donors (Lipinski definition) is 0. The smallest absolute Gasteiger partial charge is 0.311 e. The second-order valence-electron chi connectivity index (χ2n) is 7.56. The van der Waals surface area contributed by atoms with Crippen molar-refractivity contribution in [2.75, 3.05) is 21.3 Å². The number of methoxy groups -OCH3 is 3. The van der Waals surface area contributed by atoms with Gasteiger partial charge in [-0.15, -0.1) is 0 Å². The van der Waals surface area contributed by atoms with Crippen molar-refractivity contribution in [1.82, 2.24) is 0 Å². The Morgan fingerprint density at radius 2 is 1.00 bits per heavy atom. The quantitative estimate of drug-likeness (QED) is 0.527. The summed E-state index contributed by atoms with van der Waals surface area (Å²) in [5, 5.41) is 0. The molecule has 0 atom stereocenters. The Morgan fingerprint density at radius 3 is 1.26 bits per heavy atom. The van der Waals surface area contributed by atoms with Crippen LogP contribution >= 0.6 is 0 Å². The summed E-state index contributed by atoms with van der Waals surface area (Å²) in [5.41, 5.74) is -2.84. The molecule has 0 bridgehead atoms. The Labute approximate surface area is 138 Å². The molecule has 0 amide bonds. The first-order chi connectivity index (χ1) is 10.3. The first kappa shape index (κ1) is 21.4. The minimum atomic E-state index is -0.988. The fraction of sp³-hybridized carbons (Fsp3) is 0.824. The molecule has 0 aromatic rings. The zero-order valence-electron chi connectivity index (χ0n) is 15.7. The van der Waals surface area contributed by atoms with Gasteiger partial charge < -0.3 is 14.2 Å². The molecule has 0 unspecified atom stereocenters. The normalized spacial score (nSPS) is 12.8. The molecule has 0 spiro atoms. The molecule has 0 saturated heterocycles. The summed E-state index contributed by atoms with van der Waals surface area (Å²) in [6.07, 6.45) is 0.268. The van der Waals surface area contributed by atoms with E-state index in [2.05, 4.69) is 0 Å². The van der Waals surface area contributed by atoms with Gasteiger partial charge in [0.2, 0.25) is 0 Å². The highest BCUT2D eigenvalue weighted by atomic mass is 16.5. The van der Waals surface area contributed by atoms with E-state index in [1.165, 1.54) is 21.3 Å². The van der Waals surface area contributed by atoms with Crippen molar-refractivity contribution < 1.29 is 28.6 Å². The molecule has 0 fully saturated rings. The van der Waals surface area contributed by atoms with E-state index in [1.54, 1.807) is 41.5 Å². The number of esters is 3. The van der Waals surface area contributed by atoms with Gasteiger partial charge in [-0.3, -0.25) is 14.4 Å². The van der Waals surface area contributed by atoms with Gasteiger partial charge in [-0.05, 0) is 53.9 Å².